The van der Waals surface area contributed by atoms with Crippen LogP contribution in [0.4, 0.5) is 57.4 Å². The first kappa shape index (κ1) is 103. The van der Waals surface area contributed by atoms with Gasteiger partial charge >= 0.3 is 30.3 Å². The molecular weight excluding hydrogens is 2040 g/mol. The lowest BCUT2D eigenvalue weighted by molar-refractivity contribution is -0.137. The number of aromatic nitrogens is 5. The zero-order chi connectivity index (χ0) is 94.7. The van der Waals surface area contributed by atoms with Crippen molar-refractivity contribution >= 4 is 176 Å². The first-order chi connectivity index (χ1) is 63.1. The number of carbonyl (C=O) groups is 7. The Morgan fingerprint density at radius 2 is 1.04 bits per heavy atom. The number of cyclic esters (lactones) is 2. The van der Waals surface area contributed by atoms with Crippen LogP contribution in [0.3, 0.4) is 0 Å². The maximum Gasteiger partial charge on any atom is 0.417 e. The van der Waals surface area contributed by atoms with Crippen molar-refractivity contribution in [2.45, 2.75) is 89.9 Å². The van der Waals surface area contributed by atoms with Gasteiger partial charge in [0.2, 0.25) is 0 Å². The largest absolute Gasteiger partial charge is 0.478 e. The molecule has 38 heteroatoms. The lowest BCUT2D eigenvalue weighted by Crippen LogP contribution is -2.49. The summed E-state index contributed by atoms with van der Waals surface area (Å²) < 4.78 is 80.0. The van der Waals surface area contributed by atoms with E-state index < -0.39 is 27.5 Å². The van der Waals surface area contributed by atoms with Crippen LogP contribution in [0.1, 0.15) is 136 Å². The maximum atomic E-state index is 12.9. The van der Waals surface area contributed by atoms with Crippen LogP contribution in [0.15, 0.2) is 203 Å². The van der Waals surface area contributed by atoms with Gasteiger partial charge < -0.3 is 58.9 Å². The highest BCUT2D eigenvalue weighted by Crippen LogP contribution is 2.46. The molecule has 6 saturated heterocycles. The number of halogens is 9. The second-order valence-electron chi connectivity index (χ2n) is 32.0. The van der Waals surface area contributed by atoms with Crippen LogP contribution in [0.5, 0.6) is 0 Å². The molecule has 133 heavy (non-hydrogen) atoms. The van der Waals surface area contributed by atoms with Gasteiger partial charge in [0.15, 0.2) is 9.84 Å². The van der Waals surface area contributed by atoms with Gasteiger partial charge in [-0.25, -0.2) is 52.5 Å². The number of piperazine rings is 4. The number of pyridine rings is 5. The maximum absolute atomic E-state index is 12.9. The van der Waals surface area contributed by atoms with E-state index in [1.54, 1.807) is 88.5 Å². The number of hydrogen-bond acceptors (Lipinski definition) is 22. The summed E-state index contributed by atoms with van der Waals surface area (Å²) in [6.45, 7) is 24.4. The van der Waals surface area contributed by atoms with Gasteiger partial charge in [-0.15, -0.1) is 12.4 Å². The molecule has 7 fully saturated rings. The standard InChI is InChI=1S/C18H20IN3O.C18H17NO4.C17H16BrCl2N3O3S.C17H19BrN4O.C13H16F3N3.C12H13NO4.ClH/c1-13-11-14(2)17(20-12-13)21-7-9-22(10-8-21)18(23)15-3-5-16(19)6-4-15;1-2-22-17(20)14-8-10-15(11-9-14)19-16(12-23-18(19)21)13-6-4-3-5-7-13;1-27(25,26)15-8-11(18)2-3-13(15)17(24)23-6-4-22(5-7-23)16-14(20)9-12(19)10-21-16;1-12-9-13(2)16(20-10-12)21-5-7-22(8-6-21)17(23)14-3-4-15(18)19-11-14;14-13(15,16)10-7-11(9-1-2-9)12(18-8-10)19-5-3-17-4-6-19;1-2-9-7-17-12(16)13(9)10-5-3-8(4-6-10)11(14)15;/h3-6,11-12H,7-10H2,1-2H3;3-11,16H,2,12H2,1H3;2-3,8-10H,4-7H2,1H3;3-4,9-11H,5-8H2,1-2H3;7-9,17H,1-6H2;3-6,9H,2,7H2,1H3,(H,14,15);1H/t;16-;;;;9-;/m.0...1./s1. The van der Waals surface area contributed by atoms with Gasteiger partial charge in [-0.1, -0.05) is 88.5 Å². The SMILES string of the molecule is CCOC(=O)c1ccc(N2C(=O)OC[C@H]2c2ccccc2)cc1.CC[C@@H]1COC(=O)N1c1ccc(C(=O)O)cc1.CS(=O)(=O)c1cc(Br)ccc1C(=O)N1CCN(c2ncc(Cl)cc2Cl)CC1.Cc1cnc(N2CCN(C(=O)c3ccc(Br)nc3)CC2)c(C)c1.Cc1cnc(N2CCN(C(=O)c3ccc(I)cc3)CC2)c(C)c1.Cl.FC(F)(F)c1cnc(N2CCNCC2)c(C2CC2)c1. The summed E-state index contributed by atoms with van der Waals surface area (Å²) in [7, 11) is -3.53. The minimum absolute atomic E-state index is 0. The van der Waals surface area contributed by atoms with Crippen molar-refractivity contribution in [2.24, 2.45) is 0 Å². The Morgan fingerprint density at radius 1 is 0.549 bits per heavy atom. The van der Waals surface area contributed by atoms with Crippen LogP contribution in [0.25, 0.3) is 0 Å². The lowest BCUT2D eigenvalue weighted by Gasteiger charge is -2.36. The number of amides is 5. The van der Waals surface area contributed by atoms with Crippen LogP contribution in [0, 0.1) is 31.3 Å². The molecule has 704 valence electrons. The van der Waals surface area contributed by atoms with Crippen molar-refractivity contribution < 1.29 is 74.5 Å². The average Bonchev–Trinajstić information content (AvgIpc) is 1.72. The fourth-order valence-electron chi connectivity index (χ4n) is 15.6. The van der Waals surface area contributed by atoms with Crippen molar-refractivity contribution in [3.63, 3.8) is 0 Å². The number of alkyl halides is 3. The van der Waals surface area contributed by atoms with E-state index in [2.05, 4.69) is 132 Å². The van der Waals surface area contributed by atoms with Crippen LogP contribution < -0.4 is 34.7 Å². The van der Waals surface area contributed by atoms with E-state index in [9.17, 15) is 55.2 Å². The molecule has 0 spiro atoms. The topological polar surface area (TPSA) is 307 Å². The molecule has 0 radical (unpaired) electrons. The third-order valence-corrected chi connectivity index (χ3v) is 25.9. The number of sulfone groups is 1. The van der Waals surface area contributed by atoms with Crippen LogP contribution in [0.2, 0.25) is 10.0 Å². The zero-order valence-corrected chi connectivity index (χ0v) is 82.6. The van der Waals surface area contributed by atoms with E-state index in [1.807, 2.05) is 95.5 Å². The molecule has 17 rings (SSSR count). The normalized spacial score (nSPS) is 16.6. The van der Waals surface area contributed by atoms with Gasteiger partial charge in [-0.2, -0.15) is 13.2 Å². The van der Waals surface area contributed by atoms with Gasteiger partial charge in [0.25, 0.3) is 17.7 Å². The number of anilines is 6. The molecule has 2 atom stereocenters. The predicted octanol–water partition coefficient (Wildman–Crippen LogP) is 18.1. The fourth-order valence-corrected chi connectivity index (χ4v) is 18.1. The molecule has 0 unspecified atom stereocenters. The first-order valence-corrected chi connectivity index (χ1v) is 48.2. The van der Waals surface area contributed by atoms with Crippen molar-refractivity contribution in [2.75, 3.05) is 160 Å². The van der Waals surface area contributed by atoms with Gasteiger partial charge in [0.05, 0.1) is 61.4 Å². The van der Waals surface area contributed by atoms with E-state index >= 15 is 0 Å². The minimum atomic E-state index is -4.31. The van der Waals surface area contributed by atoms with Crippen LogP contribution in [-0.2, 0) is 30.2 Å². The number of carbonyl (C=O) groups excluding carboxylic acids is 6. The number of nitrogens with zero attached hydrogens (tertiary/aromatic N) is 14. The molecule has 10 aromatic rings. The number of aromatic carboxylic acids is 1. The Labute approximate surface area is 817 Å². The van der Waals surface area contributed by atoms with E-state index in [1.165, 1.54) is 58.8 Å². The average molecular weight is 2140 g/mol. The molecule has 28 nitrogen and oxygen atoms in total. The van der Waals surface area contributed by atoms with E-state index in [0.29, 0.717) is 102 Å². The molecule has 11 heterocycles. The van der Waals surface area contributed by atoms with Gasteiger partial charge in [0, 0.05) is 167 Å². The molecule has 1 aliphatic carbocycles. The molecule has 5 amide bonds. The highest BCUT2D eigenvalue weighted by molar-refractivity contribution is 14.1. The number of aryl methyl sites for hydroxylation is 4. The van der Waals surface area contributed by atoms with Crippen molar-refractivity contribution in [1.29, 1.82) is 0 Å². The predicted molar refractivity (Wildman–Crippen MR) is 525 cm³/mol. The molecular formula is C95H102Br2Cl3F3IN15O13S. The highest BCUT2D eigenvalue weighted by atomic mass is 127. The van der Waals surface area contributed by atoms with Gasteiger partial charge in [-0.3, -0.25) is 24.2 Å². The number of hydrogen-bond donors (Lipinski definition) is 2. The summed E-state index contributed by atoms with van der Waals surface area (Å²) in [5.74, 6) is 2.19. The summed E-state index contributed by atoms with van der Waals surface area (Å²) in [5, 5.41) is 12.9. The summed E-state index contributed by atoms with van der Waals surface area (Å²) in [4.78, 5) is 123. The molecule has 0 bridgehead atoms. The highest BCUT2D eigenvalue weighted by Gasteiger charge is 2.39. The molecule has 1 saturated carbocycles. The number of esters is 1. The van der Waals surface area contributed by atoms with E-state index in [4.69, 9.17) is 42.5 Å². The van der Waals surface area contributed by atoms with Crippen LogP contribution >= 0.6 is 90.1 Å². The summed E-state index contributed by atoms with van der Waals surface area (Å²) >= 11 is 20.9. The van der Waals surface area contributed by atoms with Gasteiger partial charge in [-0.05, 0) is 247 Å². The van der Waals surface area contributed by atoms with E-state index in [0.717, 1.165) is 139 Å². The molecule has 7 aliphatic rings. The van der Waals surface area contributed by atoms with Crippen molar-refractivity contribution in [3.8, 4) is 0 Å². The fraction of sp³-hybridized carbons (Fsp3) is 0.347. The lowest BCUT2D eigenvalue weighted by atomic mass is 10.1. The number of carboxylic acid groups (broad SMARTS) is 1. The third-order valence-electron chi connectivity index (χ3n) is 22.6. The number of benzene rings is 5. The molecule has 5 aromatic carbocycles. The molecule has 6 aliphatic heterocycles. The molecule has 5 aromatic heterocycles. The Bertz CT molecular complexity index is 5730. The Hall–Kier alpha value is -10.8. The summed E-state index contributed by atoms with van der Waals surface area (Å²) in [6.07, 6.45) is 6.68. The number of carboxylic acids is 1. The third kappa shape index (κ3) is 27.5. The smallest absolute Gasteiger partial charge is 0.417 e. The Balaban J connectivity index is 0.000000154. The van der Waals surface area contributed by atoms with E-state index in [-0.39, 0.29) is 82.3 Å². The quantitative estimate of drug-likeness (QED) is 0.0393. The zero-order valence-electron chi connectivity index (χ0n) is 74.1. The van der Waals surface area contributed by atoms with Crippen molar-refractivity contribution in [3.05, 3.63) is 278 Å². The second kappa shape index (κ2) is 47.4. The minimum Gasteiger partial charge on any atom is -0.478 e. The number of ether oxygens (including phenoxy) is 3. The molecule has 2 N–H and O–H groups in total. The Kier molecular flexibility index (Phi) is 36.6. The second-order valence-corrected chi connectivity index (χ2v) is 37.8. The first-order valence-electron chi connectivity index (χ1n) is 42.9. The summed E-state index contributed by atoms with van der Waals surface area (Å²) in [5.41, 5.74) is 9.47. The monoisotopic (exact) mass is 2140 g/mol. The van der Waals surface area contributed by atoms with Crippen LogP contribution in [-0.4, -0.2) is 232 Å². The van der Waals surface area contributed by atoms with Crippen molar-refractivity contribution in [1.82, 2.24) is 44.9 Å². The number of nitrogens with one attached hydrogen (secondary N) is 1. The Morgan fingerprint density at radius 3 is 1.54 bits per heavy atom. The van der Waals surface area contributed by atoms with Gasteiger partial charge in [0.1, 0.15) is 41.1 Å². The summed E-state index contributed by atoms with van der Waals surface area (Å²) in [6, 6.07) is 45.8. The number of rotatable bonds is 16.